The maximum Gasteiger partial charge on any atom is 0.0210 e. The number of rotatable bonds is 1. The van der Waals surface area contributed by atoms with Gasteiger partial charge in [0, 0.05) is 10.4 Å². The van der Waals surface area contributed by atoms with Crippen molar-refractivity contribution >= 4 is 15.9 Å². The lowest BCUT2D eigenvalue weighted by Crippen LogP contribution is -2.22. The lowest BCUT2D eigenvalue weighted by atomic mass is 9.68. The molecule has 0 aromatic heterocycles. The van der Waals surface area contributed by atoms with Crippen molar-refractivity contribution in [1.29, 1.82) is 0 Å². The van der Waals surface area contributed by atoms with E-state index in [-0.39, 0.29) is 10.8 Å². The molecule has 1 aliphatic carbocycles. The van der Waals surface area contributed by atoms with E-state index in [1.54, 1.807) is 0 Å². The molecule has 0 bridgehead atoms. The number of halogens is 1. The first-order valence-electron chi connectivity index (χ1n) is 7.90. The van der Waals surface area contributed by atoms with Gasteiger partial charge in [-0.1, -0.05) is 88.3 Å². The van der Waals surface area contributed by atoms with E-state index < -0.39 is 0 Å². The molecule has 0 amide bonds. The Labute approximate surface area is 144 Å². The molecule has 0 saturated carbocycles. The molecule has 0 N–H and O–H groups in total. The number of hydrogen-bond donors (Lipinski definition) is 0. The fourth-order valence-corrected chi connectivity index (χ4v) is 3.30. The Morgan fingerprint density at radius 3 is 1.59 bits per heavy atom. The van der Waals surface area contributed by atoms with Crippen LogP contribution >= 0.6 is 15.9 Å². The maximum absolute atomic E-state index is 4.41. The van der Waals surface area contributed by atoms with Gasteiger partial charge in [0.1, 0.15) is 0 Å². The van der Waals surface area contributed by atoms with Crippen molar-refractivity contribution in [2.75, 3.05) is 0 Å². The third-order valence-corrected chi connectivity index (χ3v) is 4.74. The van der Waals surface area contributed by atoms with Crippen LogP contribution in [-0.2, 0) is 0 Å². The molecule has 1 aromatic rings. The van der Waals surface area contributed by atoms with Crippen LogP contribution in [-0.4, -0.2) is 0 Å². The zero-order valence-electron chi connectivity index (χ0n) is 14.6. The monoisotopic (exact) mass is 358 g/mol. The first kappa shape index (κ1) is 17.3. The molecule has 22 heavy (non-hydrogen) atoms. The van der Waals surface area contributed by atoms with Crippen molar-refractivity contribution in [2.24, 2.45) is 10.8 Å². The van der Waals surface area contributed by atoms with Crippen molar-refractivity contribution in [3.63, 3.8) is 0 Å². The van der Waals surface area contributed by atoms with E-state index >= 15 is 0 Å². The van der Waals surface area contributed by atoms with E-state index in [4.69, 9.17) is 0 Å². The van der Waals surface area contributed by atoms with Gasteiger partial charge in [0.05, 0.1) is 0 Å². The third-order valence-electron chi connectivity index (χ3n) is 4.21. The molecule has 0 saturated heterocycles. The summed E-state index contributed by atoms with van der Waals surface area (Å²) in [5.41, 5.74) is 5.48. The molecule has 0 fully saturated rings. The van der Waals surface area contributed by atoms with E-state index in [1.807, 2.05) is 0 Å². The zero-order chi connectivity index (χ0) is 16.7. The van der Waals surface area contributed by atoms with Crippen molar-refractivity contribution in [1.82, 2.24) is 0 Å². The highest BCUT2D eigenvalue weighted by Gasteiger charge is 2.31. The highest BCUT2D eigenvalue weighted by Crippen LogP contribution is 2.46. The molecule has 0 nitrogen and oxygen atoms in total. The molecule has 0 aliphatic heterocycles. The molecule has 118 valence electrons. The van der Waals surface area contributed by atoms with Crippen molar-refractivity contribution in [3.05, 3.63) is 69.8 Å². The van der Waals surface area contributed by atoms with Crippen LogP contribution in [0.4, 0.5) is 0 Å². The number of hydrogen-bond acceptors (Lipinski definition) is 0. The van der Waals surface area contributed by atoms with Gasteiger partial charge in [-0.05, 0) is 45.2 Å². The Balaban J connectivity index is 2.55. The summed E-state index contributed by atoms with van der Waals surface area (Å²) in [4.78, 5) is 0. The molecule has 0 unspecified atom stereocenters. The molecule has 0 spiro atoms. The highest BCUT2D eigenvalue weighted by atomic mass is 79.9. The standard InChI is InChI=1S/C21H27Br/c1-14-18(20(2,3)4)12-16(13-19(14)21(5,6)7)15-8-10-17(22)11-9-15/h8-13,16H,1H2,2-7H3. The van der Waals surface area contributed by atoms with Gasteiger partial charge in [-0.15, -0.1) is 0 Å². The molecular formula is C21H27Br. The molecule has 0 heterocycles. The summed E-state index contributed by atoms with van der Waals surface area (Å²) >= 11 is 3.52. The van der Waals surface area contributed by atoms with Crippen LogP contribution in [0.25, 0.3) is 0 Å². The van der Waals surface area contributed by atoms with Gasteiger partial charge in [0.2, 0.25) is 0 Å². The van der Waals surface area contributed by atoms with Crippen LogP contribution in [0.5, 0.6) is 0 Å². The van der Waals surface area contributed by atoms with E-state index in [0.29, 0.717) is 5.92 Å². The summed E-state index contributed by atoms with van der Waals surface area (Å²) < 4.78 is 1.12. The van der Waals surface area contributed by atoms with E-state index in [9.17, 15) is 0 Å². The number of benzene rings is 1. The average Bonchev–Trinajstić information content (AvgIpc) is 2.37. The lowest BCUT2D eigenvalue weighted by molar-refractivity contribution is 0.475. The maximum atomic E-state index is 4.41. The lowest BCUT2D eigenvalue weighted by Gasteiger charge is -2.36. The normalized spacial score (nSPS) is 17.3. The Morgan fingerprint density at radius 1 is 0.818 bits per heavy atom. The highest BCUT2D eigenvalue weighted by molar-refractivity contribution is 9.10. The van der Waals surface area contributed by atoms with E-state index in [1.165, 1.54) is 22.3 Å². The van der Waals surface area contributed by atoms with Crippen molar-refractivity contribution < 1.29 is 0 Å². The van der Waals surface area contributed by atoms with Gasteiger partial charge < -0.3 is 0 Å². The minimum atomic E-state index is 0.107. The van der Waals surface area contributed by atoms with E-state index in [2.05, 4.69) is 100 Å². The summed E-state index contributed by atoms with van der Waals surface area (Å²) in [6.07, 6.45) is 4.78. The Hall–Kier alpha value is -1.08. The summed E-state index contributed by atoms with van der Waals surface area (Å²) in [6.45, 7) is 18.0. The van der Waals surface area contributed by atoms with Gasteiger partial charge in [-0.25, -0.2) is 0 Å². The van der Waals surface area contributed by atoms with Crippen LogP contribution in [0.2, 0.25) is 0 Å². The second-order valence-electron chi connectivity index (χ2n) is 8.22. The Morgan fingerprint density at radius 2 is 1.23 bits per heavy atom. The number of allylic oxidation sites excluding steroid dienone is 5. The minimum Gasteiger partial charge on any atom is -0.0912 e. The molecule has 0 atom stereocenters. The van der Waals surface area contributed by atoms with Gasteiger partial charge in [-0.2, -0.15) is 0 Å². The molecule has 1 heteroatoms. The van der Waals surface area contributed by atoms with Crippen molar-refractivity contribution in [2.45, 2.75) is 47.5 Å². The van der Waals surface area contributed by atoms with Crippen molar-refractivity contribution in [3.8, 4) is 0 Å². The predicted molar refractivity (Wildman–Crippen MR) is 101 cm³/mol. The topological polar surface area (TPSA) is 0 Å². The summed E-state index contributed by atoms with van der Waals surface area (Å²) in [6, 6.07) is 8.65. The Kier molecular flexibility index (Phi) is 4.59. The van der Waals surface area contributed by atoms with Crippen LogP contribution in [0, 0.1) is 10.8 Å². The molecule has 1 aliphatic rings. The third kappa shape index (κ3) is 3.63. The zero-order valence-corrected chi connectivity index (χ0v) is 16.2. The second-order valence-corrected chi connectivity index (χ2v) is 9.13. The largest absolute Gasteiger partial charge is 0.0912 e. The molecular weight excluding hydrogens is 332 g/mol. The summed E-state index contributed by atoms with van der Waals surface area (Å²) in [5, 5.41) is 0. The van der Waals surface area contributed by atoms with Crippen LogP contribution in [0.15, 0.2) is 64.2 Å². The SMILES string of the molecule is C=C1C(C(C)(C)C)=CC(c2ccc(Br)cc2)C=C1C(C)(C)C. The Bertz CT molecular complexity index is 594. The molecule has 1 aromatic carbocycles. The second kappa shape index (κ2) is 5.85. The van der Waals surface area contributed by atoms with Crippen LogP contribution in [0.1, 0.15) is 53.0 Å². The van der Waals surface area contributed by atoms with Crippen LogP contribution < -0.4 is 0 Å². The van der Waals surface area contributed by atoms with E-state index in [0.717, 1.165) is 4.47 Å². The minimum absolute atomic E-state index is 0.107. The fraction of sp³-hybridized carbons (Fsp3) is 0.429. The predicted octanol–water partition coefficient (Wildman–Crippen LogP) is 7.05. The van der Waals surface area contributed by atoms with Gasteiger partial charge in [-0.3, -0.25) is 0 Å². The summed E-state index contributed by atoms with van der Waals surface area (Å²) in [5.74, 6) is 0.321. The van der Waals surface area contributed by atoms with Gasteiger partial charge in [0.25, 0.3) is 0 Å². The smallest absolute Gasteiger partial charge is 0.0210 e. The quantitative estimate of drug-likeness (QED) is 0.504. The molecule has 0 radical (unpaired) electrons. The average molecular weight is 359 g/mol. The van der Waals surface area contributed by atoms with Gasteiger partial charge >= 0.3 is 0 Å². The van der Waals surface area contributed by atoms with Crippen LogP contribution in [0.3, 0.4) is 0 Å². The first-order chi connectivity index (χ1) is 10.00. The summed E-state index contributed by atoms with van der Waals surface area (Å²) in [7, 11) is 0. The molecule has 2 rings (SSSR count). The first-order valence-corrected chi connectivity index (χ1v) is 8.69. The fourth-order valence-electron chi connectivity index (χ4n) is 3.04. The van der Waals surface area contributed by atoms with Gasteiger partial charge in [0.15, 0.2) is 0 Å².